The molecule has 2 saturated carbocycles. The molecule has 0 bridgehead atoms. The summed E-state index contributed by atoms with van der Waals surface area (Å²) in [7, 11) is 0. The summed E-state index contributed by atoms with van der Waals surface area (Å²) in [6.45, 7) is 16.7. The summed E-state index contributed by atoms with van der Waals surface area (Å²) in [5, 5.41) is 3.33. The highest BCUT2D eigenvalue weighted by Crippen LogP contribution is 2.67. The third-order valence-electron chi connectivity index (χ3n) is 10.3. The molecule has 1 amide bonds. The second kappa shape index (κ2) is 7.66. The lowest BCUT2D eigenvalue weighted by molar-refractivity contribution is -0.137. The predicted molar refractivity (Wildman–Crippen MR) is 126 cm³/mol. The van der Waals surface area contributed by atoms with Crippen LogP contribution < -0.4 is 5.32 Å². The molecule has 0 radical (unpaired) electrons. The van der Waals surface area contributed by atoms with Gasteiger partial charge in [0.05, 0.1) is 0 Å². The Kier molecular flexibility index (Phi) is 5.72. The fourth-order valence-corrected chi connectivity index (χ4v) is 8.83. The molecule has 2 nitrogen and oxygen atoms in total. The summed E-state index contributed by atoms with van der Waals surface area (Å²) < 4.78 is 0. The van der Waals surface area contributed by atoms with Gasteiger partial charge in [-0.25, -0.2) is 0 Å². The van der Waals surface area contributed by atoms with Crippen molar-refractivity contribution in [2.45, 2.75) is 106 Å². The molecule has 0 unspecified atom stereocenters. The summed E-state index contributed by atoms with van der Waals surface area (Å²) in [5.41, 5.74) is 1.70. The van der Waals surface area contributed by atoms with Gasteiger partial charge in [-0.05, 0) is 79.4 Å². The molecular formula is C28H47NO. The van der Waals surface area contributed by atoms with Gasteiger partial charge in [-0.2, -0.15) is 0 Å². The molecule has 0 spiro atoms. The molecule has 2 heteroatoms. The van der Waals surface area contributed by atoms with E-state index in [1.165, 1.54) is 57.1 Å². The second-order valence-corrected chi connectivity index (χ2v) is 13.2. The quantitative estimate of drug-likeness (QED) is 0.501. The Morgan fingerprint density at radius 2 is 1.77 bits per heavy atom. The first-order valence-corrected chi connectivity index (χ1v) is 13.0. The van der Waals surface area contributed by atoms with E-state index >= 15 is 0 Å². The Hall–Kier alpha value is -0.790. The van der Waals surface area contributed by atoms with Crippen LogP contribution in [0.2, 0.25) is 0 Å². The van der Waals surface area contributed by atoms with Gasteiger partial charge in [-0.3, -0.25) is 4.79 Å². The number of hydrogen-bond donors (Lipinski definition) is 1. The fraction of sp³-hybridized carbons (Fsp3) is 0.893. The zero-order valence-electron chi connectivity index (χ0n) is 20.8. The Labute approximate surface area is 186 Å². The standard InChI is InChI=1S/C28H47NO/c1-18(2)9-8-10-19(3)21-12-13-22-20-11-14-24-28(7,17-26(4,5)25(30)29-24)23(20)15-16-27(21,22)6/h14,18-23H,8-13,15-17H2,1-7H3,(H,29,30)/t19-,20+,21-,22+,23+,27-,28-/m1/s1. The minimum absolute atomic E-state index is 0.155. The number of nitrogens with one attached hydrogen (secondary N) is 1. The van der Waals surface area contributed by atoms with E-state index in [1.54, 1.807) is 0 Å². The van der Waals surface area contributed by atoms with Crippen molar-refractivity contribution in [1.82, 2.24) is 5.32 Å². The van der Waals surface area contributed by atoms with Crippen LogP contribution in [0.5, 0.6) is 0 Å². The van der Waals surface area contributed by atoms with Crippen LogP contribution in [0.15, 0.2) is 11.8 Å². The smallest absolute Gasteiger partial charge is 0.229 e. The number of fused-ring (bicyclic) bond motifs is 5. The normalized spacial score (nSPS) is 43.3. The zero-order valence-corrected chi connectivity index (χ0v) is 20.8. The molecule has 1 saturated heterocycles. The van der Waals surface area contributed by atoms with Gasteiger partial charge in [0.1, 0.15) is 0 Å². The lowest BCUT2D eigenvalue weighted by Gasteiger charge is -2.59. The first kappa shape index (κ1) is 22.4. The molecule has 0 aromatic heterocycles. The third-order valence-corrected chi connectivity index (χ3v) is 10.3. The monoisotopic (exact) mass is 413 g/mol. The van der Waals surface area contributed by atoms with Crippen molar-refractivity contribution < 1.29 is 4.79 Å². The van der Waals surface area contributed by atoms with Gasteiger partial charge in [-0.1, -0.05) is 73.8 Å². The summed E-state index contributed by atoms with van der Waals surface area (Å²) >= 11 is 0. The Morgan fingerprint density at radius 3 is 2.47 bits per heavy atom. The minimum Gasteiger partial charge on any atom is -0.329 e. The molecule has 0 aromatic rings. The van der Waals surface area contributed by atoms with Gasteiger partial charge >= 0.3 is 0 Å². The SMILES string of the molecule is CC(C)CCC[C@@H](C)[C@H]1CC[C@H]2[C@@H]3CC=C4NC(=O)C(C)(C)C[C@]4(C)[C@H]3CC[C@]12C. The van der Waals surface area contributed by atoms with Crippen LogP contribution in [0.25, 0.3) is 0 Å². The number of allylic oxidation sites excluding steroid dienone is 2. The first-order chi connectivity index (χ1) is 14.0. The summed E-state index contributed by atoms with van der Waals surface area (Å²) in [4.78, 5) is 12.6. The lowest BCUT2D eigenvalue weighted by atomic mass is 9.47. The molecule has 3 fully saturated rings. The Bertz CT molecular complexity index is 705. The molecule has 1 aliphatic heterocycles. The van der Waals surface area contributed by atoms with E-state index in [0.717, 1.165) is 41.9 Å². The van der Waals surface area contributed by atoms with E-state index in [0.29, 0.717) is 5.41 Å². The van der Waals surface area contributed by atoms with Crippen LogP contribution in [0.4, 0.5) is 0 Å². The molecule has 4 aliphatic rings. The Morgan fingerprint density at radius 1 is 1.03 bits per heavy atom. The maximum Gasteiger partial charge on any atom is 0.229 e. The molecule has 30 heavy (non-hydrogen) atoms. The highest BCUT2D eigenvalue weighted by atomic mass is 16.2. The van der Waals surface area contributed by atoms with E-state index in [4.69, 9.17) is 0 Å². The largest absolute Gasteiger partial charge is 0.329 e. The van der Waals surface area contributed by atoms with Crippen molar-refractivity contribution in [2.24, 2.45) is 51.8 Å². The molecule has 1 heterocycles. The molecular weight excluding hydrogens is 366 g/mol. The van der Waals surface area contributed by atoms with Gasteiger partial charge in [0.25, 0.3) is 0 Å². The van der Waals surface area contributed by atoms with Gasteiger partial charge in [0.15, 0.2) is 0 Å². The molecule has 0 aromatic carbocycles. The van der Waals surface area contributed by atoms with Crippen molar-refractivity contribution in [3.63, 3.8) is 0 Å². The molecule has 7 atom stereocenters. The Balaban J connectivity index is 1.53. The van der Waals surface area contributed by atoms with E-state index in [2.05, 4.69) is 59.9 Å². The van der Waals surface area contributed by atoms with Crippen molar-refractivity contribution >= 4 is 5.91 Å². The molecule has 1 N–H and O–H groups in total. The van der Waals surface area contributed by atoms with Crippen LogP contribution in [-0.4, -0.2) is 5.91 Å². The van der Waals surface area contributed by atoms with Crippen molar-refractivity contribution in [2.75, 3.05) is 0 Å². The number of carbonyl (C=O) groups is 1. The number of carbonyl (C=O) groups excluding carboxylic acids is 1. The van der Waals surface area contributed by atoms with Crippen LogP contribution in [0.1, 0.15) is 106 Å². The highest BCUT2D eigenvalue weighted by molar-refractivity contribution is 5.85. The summed E-state index contributed by atoms with van der Waals surface area (Å²) in [6, 6.07) is 0. The zero-order chi connectivity index (χ0) is 21.9. The average molecular weight is 414 g/mol. The number of hydrogen-bond acceptors (Lipinski definition) is 1. The third kappa shape index (κ3) is 3.49. The van der Waals surface area contributed by atoms with Crippen LogP contribution in [0.3, 0.4) is 0 Å². The van der Waals surface area contributed by atoms with Crippen LogP contribution in [0, 0.1) is 51.8 Å². The van der Waals surface area contributed by atoms with Crippen molar-refractivity contribution in [3.05, 3.63) is 11.8 Å². The fourth-order valence-electron chi connectivity index (χ4n) is 8.83. The van der Waals surface area contributed by atoms with E-state index in [1.807, 2.05) is 0 Å². The molecule has 4 rings (SSSR count). The average Bonchev–Trinajstić information content (AvgIpc) is 2.99. The van der Waals surface area contributed by atoms with E-state index in [-0.39, 0.29) is 16.7 Å². The van der Waals surface area contributed by atoms with Gasteiger partial charge < -0.3 is 5.32 Å². The van der Waals surface area contributed by atoms with Gasteiger partial charge in [0, 0.05) is 16.5 Å². The summed E-state index contributed by atoms with van der Waals surface area (Å²) in [5.74, 6) is 5.28. The van der Waals surface area contributed by atoms with E-state index < -0.39 is 0 Å². The number of rotatable bonds is 5. The minimum atomic E-state index is -0.252. The second-order valence-electron chi connectivity index (χ2n) is 13.2. The van der Waals surface area contributed by atoms with Crippen molar-refractivity contribution in [3.8, 4) is 0 Å². The van der Waals surface area contributed by atoms with Crippen molar-refractivity contribution in [1.29, 1.82) is 0 Å². The summed E-state index contributed by atoms with van der Waals surface area (Å²) in [6.07, 6.45) is 14.5. The maximum atomic E-state index is 12.6. The first-order valence-electron chi connectivity index (χ1n) is 13.0. The predicted octanol–water partition coefficient (Wildman–Crippen LogP) is 7.35. The van der Waals surface area contributed by atoms with Crippen LogP contribution >= 0.6 is 0 Å². The lowest BCUT2D eigenvalue weighted by Crippen LogP contribution is -2.57. The van der Waals surface area contributed by atoms with Gasteiger partial charge in [0.2, 0.25) is 5.91 Å². The van der Waals surface area contributed by atoms with E-state index in [9.17, 15) is 4.79 Å². The number of piperidine rings is 1. The topological polar surface area (TPSA) is 29.1 Å². The highest BCUT2D eigenvalue weighted by Gasteiger charge is 2.60. The maximum absolute atomic E-state index is 12.6. The number of amides is 1. The van der Waals surface area contributed by atoms with Gasteiger partial charge in [-0.15, -0.1) is 0 Å². The molecule has 170 valence electrons. The molecule has 3 aliphatic carbocycles. The van der Waals surface area contributed by atoms with Crippen LogP contribution in [-0.2, 0) is 4.79 Å².